The third-order valence-corrected chi connectivity index (χ3v) is 3.61. The van der Waals surface area contributed by atoms with E-state index in [1.165, 1.54) is 17.9 Å². The van der Waals surface area contributed by atoms with E-state index in [-0.39, 0.29) is 18.4 Å². The van der Waals surface area contributed by atoms with Crippen LogP contribution < -0.4 is 21.3 Å². The maximum atomic E-state index is 12.0. The normalized spacial score (nSPS) is 10.0. The molecule has 130 valence electrons. The van der Waals surface area contributed by atoms with Gasteiger partial charge in [0.05, 0.1) is 6.54 Å². The van der Waals surface area contributed by atoms with Crippen LogP contribution in [-0.2, 0) is 9.59 Å². The highest BCUT2D eigenvalue weighted by Crippen LogP contribution is 2.17. The highest BCUT2D eigenvalue weighted by atomic mass is 16.2. The monoisotopic (exact) mass is 340 g/mol. The van der Waals surface area contributed by atoms with Crippen molar-refractivity contribution in [2.75, 3.05) is 29.1 Å². The predicted molar refractivity (Wildman–Crippen MR) is 97.6 cm³/mol. The first-order valence-corrected chi connectivity index (χ1v) is 7.65. The van der Waals surface area contributed by atoms with E-state index in [0.29, 0.717) is 11.3 Å². The number of rotatable bonds is 6. The molecule has 0 saturated carbocycles. The first-order valence-electron chi connectivity index (χ1n) is 7.65. The van der Waals surface area contributed by atoms with Crippen molar-refractivity contribution in [1.82, 2.24) is 0 Å². The summed E-state index contributed by atoms with van der Waals surface area (Å²) in [5.41, 5.74) is 7.56. The fourth-order valence-corrected chi connectivity index (χ4v) is 2.12. The van der Waals surface area contributed by atoms with Gasteiger partial charge in [0.25, 0.3) is 0 Å². The van der Waals surface area contributed by atoms with Crippen molar-refractivity contribution in [3.8, 4) is 0 Å². The van der Waals surface area contributed by atoms with Crippen LogP contribution in [0.5, 0.6) is 0 Å². The van der Waals surface area contributed by atoms with Gasteiger partial charge in [0, 0.05) is 36.6 Å². The SMILES string of the molecule is CC(=O)N(C)c1ccc(NCC(=O)Nc2cccc(C(N)=O)c2)cc1. The predicted octanol–water partition coefficient (Wildman–Crippen LogP) is 1.82. The Kier molecular flexibility index (Phi) is 5.73. The third-order valence-electron chi connectivity index (χ3n) is 3.61. The minimum Gasteiger partial charge on any atom is -0.376 e. The lowest BCUT2D eigenvalue weighted by Gasteiger charge is -2.15. The lowest BCUT2D eigenvalue weighted by atomic mass is 10.2. The summed E-state index contributed by atoms with van der Waals surface area (Å²) in [4.78, 5) is 36.0. The van der Waals surface area contributed by atoms with Gasteiger partial charge in [-0.3, -0.25) is 14.4 Å². The van der Waals surface area contributed by atoms with E-state index < -0.39 is 5.91 Å². The van der Waals surface area contributed by atoms with Crippen molar-refractivity contribution in [2.45, 2.75) is 6.92 Å². The molecule has 2 aromatic carbocycles. The van der Waals surface area contributed by atoms with Gasteiger partial charge in [0.15, 0.2) is 0 Å². The first-order chi connectivity index (χ1) is 11.9. The van der Waals surface area contributed by atoms with Gasteiger partial charge in [0.2, 0.25) is 17.7 Å². The standard InChI is InChI=1S/C18H20N4O3/c1-12(23)22(2)16-8-6-14(7-9-16)20-11-17(24)21-15-5-3-4-13(10-15)18(19)25/h3-10,20H,11H2,1-2H3,(H2,19,25)(H,21,24). The zero-order valence-electron chi connectivity index (χ0n) is 14.1. The van der Waals surface area contributed by atoms with Gasteiger partial charge >= 0.3 is 0 Å². The fourth-order valence-electron chi connectivity index (χ4n) is 2.12. The number of nitrogens with two attached hydrogens (primary N) is 1. The number of anilines is 3. The van der Waals surface area contributed by atoms with Gasteiger partial charge in [-0.05, 0) is 42.5 Å². The summed E-state index contributed by atoms with van der Waals surface area (Å²) < 4.78 is 0. The van der Waals surface area contributed by atoms with Crippen LogP contribution >= 0.6 is 0 Å². The number of amides is 3. The smallest absolute Gasteiger partial charge is 0.248 e. The molecule has 0 aliphatic heterocycles. The van der Waals surface area contributed by atoms with Crippen LogP contribution in [0, 0.1) is 0 Å². The Hall–Kier alpha value is -3.35. The summed E-state index contributed by atoms with van der Waals surface area (Å²) in [5, 5.41) is 5.68. The van der Waals surface area contributed by atoms with Gasteiger partial charge in [-0.2, -0.15) is 0 Å². The lowest BCUT2D eigenvalue weighted by molar-refractivity contribution is -0.116. The zero-order valence-corrected chi connectivity index (χ0v) is 14.1. The molecule has 0 aromatic heterocycles. The zero-order chi connectivity index (χ0) is 18.4. The van der Waals surface area contributed by atoms with Crippen LogP contribution in [0.4, 0.5) is 17.1 Å². The van der Waals surface area contributed by atoms with E-state index in [0.717, 1.165) is 11.4 Å². The Balaban J connectivity index is 1.90. The van der Waals surface area contributed by atoms with E-state index >= 15 is 0 Å². The topological polar surface area (TPSA) is 105 Å². The Morgan fingerprint density at radius 3 is 2.32 bits per heavy atom. The molecule has 25 heavy (non-hydrogen) atoms. The highest BCUT2D eigenvalue weighted by molar-refractivity contribution is 5.97. The Bertz CT molecular complexity index is 787. The molecule has 4 N–H and O–H groups in total. The van der Waals surface area contributed by atoms with E-state index in [1.807, 2.05) is 0 Å². The highest BCUT2D eigenvalue weighted by Gasteiger charge is 2.07. The van der Waals surface area contributed by atoms with Gasteiger partial charge in [-0.1, -0.05) is 6.07 Å². The van der Waals surface area contributed by atoms with Crippen LogP contribution in [0.25, 0.3) is 0 Å². The molecule has 0 aliphatic rings. The largest absolute Gasteiger partial charge is 0.376 e. The number of nitrogens with one attached hydrogen (secondary N) is 2. The fraction of sp³-hybridized carbons (Fsp3) is 0.167. The van der Waals surface area contributed by atoms with Crippen molar-refractivity contribution in [3.63, 3.8) is 0 Å². The molecular weight excluding hydrogens is 320 g/mol. The molecule has 7 nitrogen and oxygen atoms in total. The average Bonchev–Trinajstić information content (AvgIpc) is 2.60. The minimum atomic E-state index is -0.551. The maximum Gasteiger partial charge on any atom is 0.248 e. The third kappa shape index (κ3) is 5.07. The molecular formula is C18H20N4O3. The summed E-state index contributed by atoms with van der Waals surface area (Å²) >= 11 is 0. The Labute approximate surface area is 145 Å². The molecule has 0 unspecified atom stereocenters. The maximum absolute atomic E-state index is 12.0. The van der Waals surface area contributed by atoms with Crippen molar-refractivity contribution in [3.05, 3.63) is 54.1 Å². The summed E-state index contributed by atoms with van der Waals surface area (Å²) in [6.07, 6.45) is 0. The number of hydrogen-bond acceptors (Lipinski definition) is 4. The summed E-state index contributed by atoms with van der Waals surface area (Å²) in [7, 11) is 1.69. The lowest BCUT2D eigenvalue weighted by Crippen LogP contribution is -2.23. The van der Waals surface area contributed by atoms with E-state index in [4.69, 9.17) is 5.73 Å². The minimum absolute atomic E-state index is 0.0571. The van der Waals surface area contributed by atoms with Crippen molar-refractivity contribution in [2.24, 2.45) is 5.73 Å². The van der Waals surface area contributed by atoms with Crippen LogP contribution in [0.1, 0.15) is 17.3 Å². The Morgan fingerprint density at radius 1 is 1.04 bits per heavy atom. The summed E-state index contributed by atoms with van der Waals surface area (Å²) in [5.74, 6) is -0.866. The van der Waals surface area contributed by atoms with Crippen LogP contribution in [0.3, 0.4) is 0 Å². The molecule has 0 fully saturated rings. The van der Waals surface area contributed by atoms with E-state index in [2.05, 4.69) is 10.6 Å². The molecule has 7 heteroatoms. The number of hydrogen-bond donors (Lipinski definition) is 3. The molecule has 0 atom stereocenters. The molecule has 2 rings (SSSR count). The van der Waals surface area contributed by atoms with Crippen molar-refractivity contribution >= 4 is 34.8 Å². The van der Waals surface area contributed by atoms with Crippen LogP contribution in [-0.4, -0.2) is 31.3 Å². The van der Waals surface area contributed by atoms with Crippen LogP contribution in [0.2, 0.25) is 0 Å². The van der Waals surface area contributed by atoms with Gasteiger partial charge < -0.3 is 21.3 Å². The number of benzene rings is 2. The number of carbonyl (C=O) groups excluding carboxylic acids is 3. The molecule has 3 amide bonds. The Morgan fingerprint density at radius 2 is 1.72 bits per heavy atom. The van der Waals surface area contributed by atoms with Gasteiger partial charge in [0.1, 0.15) is 0 Å². The molecule has 0 heterocycles. The number of carbonyl (C=O) groups is 3. The molecule has 2 aromatic rings. The second-order valence-electron chi connectivity index (χ2n) is 5.47. The van der Waals surface area contributed by atoms with Gasteiger partial charge in [-0.15, -0.1) is 0 Å². The molecule has 0 spiro atoms. The van der Waals surface area contributed by atoms with Gasteiger partial charge in [-0.25, -0.2) is 0 Å². The molecule has 0 aliphatic carbocycles. The van der Waals surface area contributed by atoms with Crippen LogP contribution in [0.15, 0.2) is 48.5 Å². The molecule has 0 radical (unpaired) electrons. The first kappa shape index (κ1) is 18.0. The second-order valence-corrected chi connectivity index (χ2v) is 5.47. The average molecular weight is 340 g/mol. The molecule has 0 bridgehead atoms. The quantitative estimate of drug-likeness (QED) is 0.746. The second kappa shape index (κ2) is 7.96. The number of nitrogens with zero attached hydrogens (tertiary/aromatic N) is 1. The summed E-state index contributed by atoms with van der Waals surface area (Å²) in [6, 6.07) is 13.6. The summed E-state index contributed by atoms with van der Waals surface area (Å²) in [6.45, 7) is 1.55. The van der Waals surface area contributed by atoms with E-state index in [1.54, 1.807) is 49.5 Å². The number of primary amides is 1. The van der Waals surface area contributed by atoms with E-state index in [9.17, 15) is 14.4 Å². The van der Waals surface area contributed by atoms with Crippen molar-refractivity contribution < 1.29 is 14.4 Å². The van der Waals surface area contributed by atoms with Crippen molar-refractivity contribution in [1.29, 1.82) is 0 Å². The molecule has 0 saturated heterocycles.